The van der Waals surface area contributed by atoms with Gasteiger partial charge in [-0.2, -0.15) is 0 Å². The van der Waals surface area contributed by atoms with E-state index in [1.807, 2.05) is 12.4 Å². The van der Waals surface area contributed by atoms with Crippen molar-refractivity contribution in [2.75, 3.05) is 6.54 Å². The van der Waals surface area contributed by atoms with Gasteiger partial charge in [-0.3, -0.25) is 0 Å². The first kappa shape index (κ1) is 13.9. The van der Waals surface area contributed by atoms with E-state index in [-0.39, 0.29) is 5.82 Å². The monoisotopic (exact) mass is 300 g/mol. The van der Waals surface area contributed by atoms with E-state index in [1.165, 1.54) is 18.4 Å². The van der Waals surface area contributed by atoms with Gasteiger partial charge in [-0.15, -0.1) is 10.2 Å². The Balaban J connectivity index is 1.39. The summed E-state index contributed by atoms with van der Waals surface area (Å²) in [6.07, 6.45) is 7.55. The molecule has 1 fully saturated rings. The molecule has 0 spiro atoms. The average molecular weight is 300 g/mol. The topological polar surface area (TPSA) is 42.7 Å². The highest BCUT2D eigenvalue weighted by Gasteiger charge is 2.28. The molecule has 4 nitrogen and oxygen atoms in total. The summed E-state index contributed by atoms with van der Waals surface area (Å²) in [6.45, 7) is 1.78. The highest BCUT2D eigenvalue weighted by atomic mass is 19.1. The van der Waals surface area contributed by atoms with E-state index in [9.17, 15) is 4.39 Å². The van der Waals surface area contributed by atoms with Crippen molar-refractivity contribution in [2.24, 2.45) is 0 Å². The van der Waals surface area contributed by atoms with Crippen LogP contribution in [-0.2, 0) is 13.0 Å². The van der Waals surface area contributed by atoms with Crippen molar-refractivity contribution in [2.45, 2.75) is 50.6 Å². The fourth-order valence-electron chi connectivity index (χ4n) is 3.45. The molecular formula is C17H21FN4. The zero-order valence-corrected chi connectivity index (χ0v) is 12.6. The molecule has 0 aliphatic heterocycles. The molecule has 0 unspecified atom stereocenters. The minimum Gasteiger partial charge on any atom is -0.316 e. The molecular weight excluding hydrogens is 279 g/mol. The number of benzene rings is 1. The van der Waals surface area contributed by atoms with Crippen LogP contribution in [0.4, 0.5) is 4.39 Å². The maximum atomic E-state index is 13.3. The van der Waals surface area contributed by atoms with Gasteiger partial charge in [0.15, 0.2) is 0 Å². The van der Waals surface area contributed by atoms with Crippen LogP contribution >= 0.6 is 0 Å². The van der Waals surface area contributed by atoms with Crippen molar-refractivity contribution >= 4 is 0 Å². The van der Waals surface area contributed by atoms with E-state index < -0.39 is 0 Å². The van der Waals surface area contributed by atoms with Crippen molar-refractivity contribution in [3.05, 3.63) is 47.3 Å². The van der Waals surface area contributed by atoms with E-state index in [2.05, 4.69) is 20.1 Å². The molecule has 2 aromatic rings. The summed E-state index contributed by atoms with van der Waals surface area (Å²) in [5.74, 6) is 1.63. The molecule has 1 saturated carbocycles. The Hall–Kier alpha value is -1.75. The SMILES string of the molecule is Fc1ccc2c(c1)CCC[C@H]2NCCn1cnnc1C1CC1. The molecule has 1 N–H and O–H groups in total. The number of halogens is 1. The number of rotatable bonds is 5. The summed E-state index contributed by atoms with van der Waals surface area (Å²) in [7, 11) is 0. The van der Waals surface area contributed by atoms with Gasteiger partial charge < -0.3 is 9.88 Å². The predicted octanol–water partition coefficient (Wildman–Crippen LogP) is 2.96. The first-order valence-electron chi connectivity index (χ1n) is 8.20. The molecule has 116 valence electrons. The first-order valence-corrected chi connectivity index (χ1v) is 8.20. The normalized spacial score (nSPS) is 20.9. The van der Waals surface area contributed by atoms with Crippen LogP contribution in [0, 0.1) is 5.82 Å². The Bertz CT molecular complexity index is 662. The molecule has 0 amide bonds. The zero-order valence-electron chi connectivity index (χ0n) is 12.6. The number of nitrogens with zero attached hydrogens (tertiary/aromatic N) is 3. The molecule has 22 heavy (non-hydrogen) atoms. The fourth-order valence-corrected chi connectivity index (χ4v) is 3.45. The second kappa shape index (κ2) is 5.80. The Kier molecular flexibility index (Phi) is 3.66. The minimum absolute atomic E-state index is 0.127. The van der Waals surface area contributed by atoms with Crippen molar-refractivity contribution in [3.8, 4) is 0 Å². The smallest absolute Gasteiger partial charge is 0.135 e. The van der Waals surface area contributed by atoms with Gasteiger partial charge in [0.05, 0.1) is 0 Å². The maximum absolute atomic E-state index is 13.3. The molecule has 0 bridgehead atoms. The lowest BCUT2D eigenvalue weighted by atomic mass is 9.87. The minimum atomic E-state index is -0.127. The molecule has 4 rings (SSSR count). The summed E-state index contributed by atoms with van der Waals surface area (Å²) in [5, 5.41) is 11.9. The average Bonchev–Trinajstić information content (AvgIpc) is 3.26. The number of fused-ring (bicyclic) bond motifs is 1. The number of hydrogen-bond acceptors (Lipinski definition) is 3. The summed E-state index contributed by atoms with van der Waals surface area (Å²) in [4.78, 5) is 0. The van der Waals surface area contributed by atoms with Gasteiger partial charge in [0.2, 0.25) is 0 Å². The van der Waals surface area contributed by atoms with Gasteiger partial charge in [-0.05, 0) is 55.4 Å². The fraction of sp³-hybridized carbons (Fsp3) is 0.529. The van der Waals surface area contributed by atoms with E-state index in [4.69, 9.17) is 0 Å². The molecule has 5 heteroatoms. The van der Waals surface area contributed by atoms with Gasteiger partial charge in [0.25, 0.3) is 0 Å². The van der Waals surface area contributed by atoms with Crippen LogP contribution < -0.4 is 5.32 Å². The molecule has 0 radical (unpaired) electrons. The third kappa shape index (κ3) is 2.77. The summed E-state index contributed by atoms with van der Waals surface area (Å²) in [6, 6.07) is 5.54. The van der Waals surface area contributed by atoms with E-state index in [1.54, 1.807) is 12.1 Å². The number of aryl methyl sites for hydroxylation is 1. The van der Waals surface area contributed by atoms with Crippen LogP contribution in [0.15, 0.2) is 24.5 Å². The predicted molar refractivity (Wildman–Crippen MR) is 82.1 cm³/mol. The van der Waals surface area contributed by atoms with E-state index >= 15 is 0 Å². The molecule has 2 aliphatic carbocycles. The standard InChI is InChI=1S/C17H21FN4/c18-14-6-7-15-13(10-14)2-1-3-16(15)19-8-9-22-11-20-21-17(22)12-4-5-12/h6-7,10-12,16,19H,1-5,8-9H2/t16-/m1/s1. The lowest BCUT2D eigenvalue weighted by Gasteiger charge is -2.26. The van der Waals surface area contributed by atoms with Gasteiger partial charge in [0, 0.05) is 25.0 Å². The molecule has 2 aliphatic rings. The van der Waals surface area contributed by atoms with Gasteiger partial charge in [0.1, 0.15) is 18.0 Å². The molecule has 1 aromatic carbocycles. The van der Waals surface area contributed by atoms with Crippen LogP contribution in [0.2, 0.25) is 0 Å². The van der Waals surface area contributed by atoms with Crippen molar-refractivity contribution < 1.29 is 4.39 Å². The largest absolute Gasteiger partial charge is 0.316 e. The van der Waals surface area contributed by atoms with Crippen LogP contribution in [0.25, 0.3) is 0 Å². The third-order valence-corrected chi connectivity index (χ3v) is 4.75. The summed E-state index contributed by atoms with van der Waals surface area (Å²) >= 11 is 0. The Morgan fingerprint density at radius 1 is 1.27 bits per heavy atom. The number of nitrogens with one attached hydrogen (secondary N) is 1. The summed E-state index contributed by atoms with van der Waals surface area (Å²) < 4.78 is 15.5. The summed E-state index contributed by atoms with van der Waals surface area (Å²) in [5.41, 5.74) is 2.42. The van der Waals surface area contributed by atoms with Crippen LogP contribution in [0.1, 0.15) is 54.6 Å². The molecule has 1 heterocycles. The van der Waals surface area contributed by atoms with Gasteiger partial charge >= 0.3 is 0 Å². The molecule has 1 atom stereocenters. The van der Waals surface area contributed by atoms with Crippen molar-refractivity contribution in [1.29, 1.82) is 0 Å². The molecule has 1 aromatic heterocycles. The third-order valence-electron chi connectivity index (χ3n) is 4.75. The van der Waals surface area contributed by atoms with Crippen molar-refractivity contribution in [1.82, 2.24) is 20.1 Å². The second-order valence-electron chi connectivity index (χ2n) is 6.40. The number of hydrogen-bond donors (Lipinski definition) is 1. The van der Waals surface area contributed by atoms with Gasteiger partial charge in [-0.1, -0.05) is 6.07 Å². The lowest BCUT2D eigenvalue weighted by Crippen LogP contribution is -2.28. The second-order valence-corrected chi connectivity index (χ2v) is 6.40. The Morgan fingerprint density at radius 2 is 2.18 bits per heavy atom. The number of aromatic nitrogens is 3. The van der Waals surface area contributed by atoms with Crippen molar-refractivity contribution in [3.63, 3.8) is 0 Å². The highest BCUT2D eigenvalue weighted by Crippen LogP contribution is 2.38. The van der Waals surface area contributed by atoms with Gasteiger partial charge in [-0.25, -0.2) is 4.39 Å². The van der Waals surface area contributed by atoms with Crippen LogP contribution in [0.5, 0.6) is 0 Å². The quantitative estimate of drug-likeness (QED) is 0.923. The van der Waals surface area contributed by atoms with E-state index in [0.29, 0.717) is 12.0 Å². The highest BCUT2D eigenvalue weighted by molar-refractivity contribution is 5.32. The Morgan fingerprint density at radius 3 is 3.05 bits per heavy atom. The lowest BCUT2D eigenvalue weighted by molar-refractivity contribution is 0.441. The van der Waals surface area contributed by atoms with E-state index in [0.717, 1.165) is 43.7 Å². The van der Waals surface area contributed by atoms with Crippen LogP contribution in [0.3, 0.4) is 0 Å². The zero-order chi connectivity index (χ0) is 14.9. The Labute approximate surface area is 129 Å². The van der Waals surface area contributed by atoms with Crippen LogP contribution in [-0.4, -0.2) is 21.3 Å². The maximum Gasteiger partial charge on any atom is 0.135 e. The molecule has 0 saturated heterocycles. The first-order chi connectivity index (χ1) is 10.8.